The molecule has 0 saturated heterocycles. The Hall–Kier alpha value is -6.92. The zero-order chi connectivity index (χ0) is 33.3. The third kappa shape index (κ3) is 3.27. The van der Waals surface area contributed by atoms with E-state index in [4.69, 9.17) is 9.97 Å². The Kier molecular flexibility index (Phi) is 5.08. The van der Waals surface area contributed by atoms with E-state index in [9.17, 15) is 0 Å². The molecule has 51 heavy (non-hydrogen) atoms. The molecule has 4 heterocycles. The lowest BCUT2D eigenvalue weighted by Crippen LogP contribution is -2.26. The van der Waals surface area contributed by atoms with Gasteiger partial charge >= 0.3 is 0 Å². The summed E-state index contributed by atoms with van der Waals surface area (Å²) in [6.07, 6.45) is 10.7. The summed E-state index contributed by atoms with van der Waals surface area (Å²) in [6, 6.07) is 45.0. The van der Waals surface area contributed by atoms with Crippen molar-refractivity contribution < 1.29 is 0 Å². The quantitative estimate of drug-likeness (QED) is 0.187. The molecule has 0 N–H and O–H groups in total. The Morgan fingerprint density at radius 1 is 0.373 bits per heavy atom. The van der Waals surface area contributed by atoms with Crippen LogP contribution in [0.25, 0.3) is 77.5 Å². The lowest BCUT2D eigenvalue weighted by molar-refractivity contribution is 0.795. The smallest absolute Gasteiger partial charge is 0.156 e. The molecular weight excluding hydrogens is 625 g/mol. The zero-order valence-corrected chi connectivity index (χ0v) is 27.2. The van der Waals surface area contributed by atoms with Gasteiger partial charge in [-0.15, -0.1) is 0 Å². The molecule has 2 aliphatic carbocycles. The molecule has 0 bridgehead atoms. The molecule has 6 aromatic carbocycles. The number of benzene rings is 6. The molecule has 0 unspecified atom stereocenters. The number of hydrogen-bond donors (Lipinski definition) is 0. The topological polar surface area (TPSA) is 61.4 Å². The van der Waals surface area contributed by atoms with Crippen LogP contribution in [-0.2, 0) is 5.41 Å². The van der Waals surface area contributed by atoms with E-state index < -0.39 is 5.41 Å². The molecular formula is C45H26N6. The van der Waals surface area contributed by atoms with Crippen LogP contribution in [0.2, 0.25) is 0 Å². The highest BCUT2D eigenvalue weighted by Gasteiger charge is 2.52. The van der Waals surface area contributed by atoms with Crippen molar-refractivity contribution in [3.63, 3.8) is 0 Å². The average Bonchev–Trinajstić information content (AvgIpc) is 3.88. The number of nitrogens with zero attached hydrogens (tertiary/aromatic N) is 6. The van der Waals surface area contributed by atoms with Gasteiger partial charge < -0.3 is 0 Å². The molecule has 10 aromatic rings. The molecule has 0 saturated carbocycles. The van der Waals surface area contributed by atoms with Crippen LogP contribution in [0.5, 0.6) is 0 Å². The maximum absolute atomic E-state index is 4.80. The predicted molar refractivity (Wildman–Crippen MR) is 203 cm³/mol. The van der Waals surface area contributed by atoms with Gasteiger partial charge in [-0.1, -0.05) is 84.9 Å². The summed E-state index contributed by atoms with van der Waals surface area (Å²) < 4.78 is 4.54. The first-order chi connectivity index (χ1) is 25.3. The van der Waals surface area contributed by atoms with Crippen molar-refractivity contribution >= 4 is 43.6 Å². The molecule has 0 radical (unpaired) electrons. The number of aromatic nitrogens is 6. The number of rotatable bonds is 2. The standard InChI is InChI=1S/C45H26N6/c1-5-13-35-27(9-1)31-21-33-29-11-3-7-15-39(29)50(43-25-46-17-19-48-43)41(33)23-37(31)45(35)36-14-6-2-10-28(36)32-22-34-30-12-4-8-16-40(30)51(42(34)24-38(32)45)44-26-47-18-20-49-44/h1-26H. The second-order valence-electron chi connectivity index (χ2n) is 13.5. The minimum Gasteiger partial charge on any atom is -0.292 e. The highest BCUT2D eigenvalue weighted by Crippen LogP contribution is 2.64. The van der Waals surface area contributed by atoms with Gasteiger partial charge in [-0.25, -0.2) is 9.97 Å². The van der Waals surface area contributed by atoms with Crippen molar-refractivity contribution in [3.05, 3.63) is 181 Å². The summed E-state index contributed by atoms with van der Waals surface area (Å²) in [6.45, 7) is 0. The molecule has 6 nitrogen and oxygen atoms in total. The van der Waals surface area contributed by atoms with Crippen LogP contribution in [0.15, 0.2) is 159 Å². The summed E-state index contributed by atoms with van der Waals surface area (Å²) in [5, 5.41) is 4.79. The molecule has 0 amide bonds. The lowest BCUT2D eigenvalue weighted by Gasteiger charge is -2.30. The molecule has 6 heteroatoms. The second kappa shape index (κ2) is 9.61. The van der Waals surface area contributed by atoms with Crippen LogP contribution in [0.3, 0.4) is 0 Å². The van der Waals surface area contributed by atoms with Crippen LogP contribution in [-0.4, -0.2) is 29.1 Å². The van der Waals surface area contributed by atoms with E-state index in [-0.39, 0.29) is 0 Å². The largest absolute Gasteiger partial charge is 0.292 e. The van der Waals surface area contributed by atoms with Crippen LogP contribution in [0.4, 0.5) is 0 Å². The van der Waals surface area contributed by atoms with Crippen LogP contribution < -0.4 is 0 Å². The molecule has 4 aromatic heterocycles. The highest BCUT2D eigenvalue weighted by molar-refractivity contribution is 6.14. The average molecular weight is 651 g/mol. The maximum atomic E-state index is 4.80. The molecule has 2 aliphatic rings. The fourth-order valence-electron chi connectivity index (χ4n) is 9.36. The first-order valence-electron chi connectivity index (χ1n) is 17.2. The summed E-state index contributed by atoms with van der Waals surface area (Å²) in [7, 11) is 0. The van der Waals surface area contributed by atoms with Gasteiger partial charge in [-0.2, -0.15) is 0 Å². The number of hydrogen-bond acceptors (Lipinski definition) is 4. The van der Waals surface area contributed by atoms with Gasteiger partial charge in [0.05, 0.1) is 39.9 Å². The van der Waals surface area contributed by atoms with Crippen molar-refractivity contribution in [2.75, 3.05) is 0 Å². The van der Waals surface area contributed by atoms with Crippen molar-refractivity contribution in [3.8, 4) is 33.9 Å². The summed E-state index contributed by atoms with van der Waals surface area (Å²) in [5.41, 5.74) is 14.1. The van der Waals surface area contributed by atoms with Crippen LogP contribution in [0, 0.1) is 0 Å². The van der Waals surface area contributed by atoms with Crippen molar-refractivity contribution in [1.82, 2.24) is 29.1 Å². The van der Waals surface area contributed by atoms with Gasteiger partial charge in [-0.3, -0.25) is 19.1 Å². The van der Waals surface area contributed by atoms with E-state index in [0.717, 1.165) is 33.7 Å². The fraction of sp³-hybridized carbons (Fsp3) is 0.0222. The Morgan fingerprint density at radius 2 is 0.824 bits per heavy atom. The molecule has 0 fully saturated rings. The molecule has 12 rings (SSSR count). The predicted octanol–water partition coefficient (Wildman–Crippen LogP) is 9.80. The first kappa shape index (κ1) is 27.0. The van der Waals surface area contributed by atoms with Gasteiger partial charge in [0.1, 0.15) is 0 Å². The Labute approximate surface area is 292 Å². The zero-order valence-electron chi connectivity index (χ0n) is 27.2. The summed E-state index contributed by atoms with van der Waals surface area (Å²) in [5.74, 6) is 1.60. The maximum Gasteiger partial charge on any atom is 0.156 e. The first-order valence-corrected chi connectivity index (χ1v) is 17.2. The molecule has 0 aliphatic heterocycles. The molecule has 0 atom stereocenters. The molecule has 1 spiro atoms. The minimum atomic E-state index is -0.548. The monoisotopic (exact) mass is 650 g/mol. The van der Waals surface area contributed by atoms with Crippen molar-refractivity contribution in [2.45, 2.75) is 5.41 Å². The van der Waals surface area contributed by atoms with Gasteiger partial charge in [0, 0.05) is 46.3 Å². The van der Waals surface area contributed by atoms with Crippen LogP contribution in [0.1, 0.15) is 22.3 Å². The van der Waals surface area contributed by atoms with E-state index in [1.165, 1.54) is 66.1 Å². The highest BCUT2D eigenvalue weighted by atomic mass is 15.1. The minimum absolute atomic E-state index is 0.548. The summed E-state index contributed by atoms with van der Waals surface area (Å²) >= 11 is 0. The third-order valence-corrected chi connectivity index (χ3v) is 11.2. The van der Waals surface area contributed by atoms with E-state index in [1.807, 2.05) is 12.4 Å². The SMILES string of the molecule is c1ccc2c(c1)-c1cc3c4ccccc4n(-c4cnccn4)c3cc1C21c2ccccc2-c2cc3c4ccccc4n(-c4cnccn4)c3cc21. The van der Waals surface area contributed by atoms with E-state index in [2.05, 4.69) is 140 Å². The van der Waals surface area contributed by atoms with Gasteiger partial charge in [0.2, 0.25) is 0 Å². The van der Waals surface area contributed by atoms with Gasteiger partial charge in [-0.05, 0) is 80.9 Å². The molecule has 236 valence electrons. The fourth-order valence-corrected chi connectivity index (χ4v) is 9.36. The van der Waals surface area contributed by atoms with Crippen molar-refractivity contribution in [2.24, 2.45) is 0 Å². The van der Waals surface area contributed by atoms with Gasteiger partial charge in [0.25, 0.3) is 0 Å². The van der Waals surface area contributed by atoms with Crippen molar-refractivity contribution in [1.29, 1.82) is 0 Å². The third-order valence-electron chi connectivity index (χ3n) is 11.2. The van der Waals surface area contributed by atoms with Crippen LogP contribution >= 0.6 is 0 Å². The van der Waals surface area contributed by atoms with E-state index >= 15 is 0 Å². The van der Waals surface area contributed by atoms with Gasteiger partial charge in [0.15, 0.2) is 11.6 Å². The Balaban J connectivity index is 1.27. The Bertz CT molecular complexity index is 2870. The number of para-hydroxylation sites is 2. The normalized spacial score (nSPS) is 13.6. The second-order valence-corrected chi connectivity index (χ2v) is 13.5. The Morgan fingerprint density at radius 3 is 1.29 bits per heavy atom. The number of fused-ring (bicyclic) bond motifs is 16. The van der Waals surface area contributed by atoms with E-state index in [0.29, 0.717) is 0 Å². The summed E-state index contributed by atoms with van der Waals surface area (Å²) in [4.78, 5) is 18.5. The van der Waals surface area contributed by atoms with E-state index in [1.54, 1.807) is 24.8 Å². The lowest BCUT2D eigenvalue weighted by atomic mass is 9.70.